The van der Waals surface area contributed by atoms with Gasteiger partial charge in [0, 0.05) is 17.8 Å². The molecule has 2 aromatic carbocycles. The summed E-state index contributed by atoms with van der Waals surface area (Å²) in [4.78, 5) is 39.1. The molecule has 1 aliphatic carbocycles. The van der Waals surface area contributed by atoms with Gasteiger partial charge in [-0.3, -0.25) is 24.6 Å². The first-order valence-corrected chi connectivity index (χ1v) is 11.0. The topological polar surface area (TPSA) is 92.5 Å². The highest BCUT2D eigenvalue weighted by molar-refractivity contribution is 6.27. The van der Waals surface area contributed by atoms with E-state index in [1.807, 2.05) is 24.3 Å². The quantitative estimate of drug-likeness (QED) is 0.749. The third-order valence-electron chi connectivity index (χ3n) is 6.89. The van der Waals surface area contributed by atoms with Gasteiger partial charge in [0.05, 0.1) is 11.3 Å². The number of carbonyl (C=O) groups excluding carboxylic acids is 3. The van der Waals surface area contributed by atoms with Crippen molar-refractivity contribution in [1.29, 1.82) is 0 Å². The van der Waals surface area contributed by atoms with Crippen molar-refractivity contribution >= 4 is 34.2 Å². The van der Waals surface area contributed by atoms with Crippen molar-refractivity contribution < 1.29 is 14.4 Å². The second kappa shape index (κ2) is 7.51. The molecule has 6 nitrogen and oxygen atoms in total. The zero-order valence-electron chi connectivity index (χ0n) is 17.0. The number of nitrogens with zero attached hydrogens (tertiary/aromatic N) is 1. The molecule has 3 amide bonds. The van der Waals surface area contributed by atoms with Gasteiger partial charge in [-0.25, -0.2) is 0 Å². The molecule has 2 aliphatic heterocycles. The van der Waals surface area contributed by atoms with Crippen molar-refractivity contribution in [3.63, 3.8) is 0 Å². The van der Waals surface area contributed by atoms with Crippen LogP contribution in [-0.2, 0) is 9.59 Å². The third kappa shape index (κ3) is 3.19. The van der Waals surface area contributed by atoms with E-state index in [1.54, 1.807) is 4.90 Å². The molecule has 6 heteroatoms. The fraction of sp³-hybridized carbons (Fsp3) is 0.458. The summed E-state index contributed by atoms with van der Waals surface area (Å²) in [5.41, 5.74) is 8.96. The van der Waals surface area contributed by atoms with Gasteiger partial charge in [-0.05, 0) is 54.7 Å². The van der Waals surface area contributed by atoms with Crippen LogP contribution in [0.25, 0.3) is 10.8 Å². The average Bonchev–Trinajstić information content (AvgIpc) is 2.98. The lowest BCUT2D eigenvalue weighted by Crippen LogP contribution is -2.53. The maximum atomic E-state index is 13.5. The Kier molecular flexibility index (Phi) is 4.82. The van der Waals surface area contributed by atoms with E-state index >= 15 is 0 Å². The van der Waals surface area contributed by atoms with Crippen LogP contribution in [0.4, 0.5) is 5.69 Å². The van der Waals surface area contributed by atoms with E-state index < -0.39 is 11.9 Å². The molecule has 0 spiro atoms. The van der Waals surface area contributed by atoms with Crippen molar-refractivity contribution in [3.8, 4) is 0 Å². The molecular weight excluding hydrogens is 378 g/mol. The molecule has 3 unspecified atom stereocenters. The second-order valence-corrected chi connectivity index (χ2v) is 8.92. The highest BCUT2D eigenvalue weighted by Crippen LogP contribution is 2.42. The van der Waals surface area contributed by atoms with Crippen LogP contribution in [0.15, 0.2) is 30.3 Å². The summed E-state index contributed by atoms with van der Waals surface area (Å²) >= 11 is 0. The SMILES string of the molecule is NC1CCCCCC(c2cc3c4c(cccc4c2)N(C2CCC(=O)NC2=O)C3=O)C1. The molecule has 3 atom stereocenters. The van der Waals surface area contributed by atoms with Gasteiger partial charge < -0.3 is 5.73 Å². The van der Waals surface area contributed by atoms with E-state index in [4.69, 9.17) is 5.73 Å². The van der Waals surface area contributed by atoms with Gasteiger partial charge in [0.2, 0.25) is 11.8 Å². The summed E-state index contributed by atoms with van der Waals surface area (Å²) in [6.45, 7) is 0. The summed E-state index contributed by atoms with van der Waals surface area (Å²) < 4.78 is 0. The molecular formula is C24H27N3O3. The minimum absolute atomic E-state index is 0.146. The van der Waals surface area contributed by atoms with E-state index in [9.17, 15) is 14.4 Å². The zero-order chi connectivity index (χ0) is 20.8. The number of nitrogens with one attached hydrogen (secondary N) is 1. The molecule has 1 saturated carbocycles. The van der Waals surface area contributed by atoms with Gasteiger partial charge in [-0.1, -0.05) is 37.5 Å². The summed E-state index contributed by atoms with van der Waals surface area (Å²) in [5, 5.41) is 4.32. The van der Waals surface area contributed by atoms with Gasteiger partial charge in [0.15, 0.2) is 0 Å². The molecule has 0 bridgehead atoms. The summed E-state index contributed by atoms with van der Waals surface area (Å²) in [5.74, 6) is -0.466. The third-order valence-corrected chi connectivity index (χ3v) is 6.89. The Morgan fingerprint density at radius 3 is 2.67 bits per heavy atom. The molecule has 2 aromatic rings. The van der Waals surface area contributed by atoms with Crippen LogP contribution in [0.5, 0.6) is 0 Å². The number of rotatable bonds is 2. The normalized spacial score (nSPS) is 27.2. The zero-order valence-corrected chi connectivity index (χ0v) is 17.0. The van der Waals surface area contributed by atoms with Crippen LogP contribution in [-0.4, -0.2) is 29.8 Å². The van der Waals surface area contributed by atoms with Crippen LogP contribution >= 0.6 is 0 Å². The van der Waals surface area contributed by atoms with E-state index in [1.165, 1.54) is 24.8 Å². The number of nitrogens with two attached hydrogens (primary N) is 1. The Labute approximate surface area is 175 Å². The Morgan fingerprint density at radius 1 is 1.00 bits per heavy atom. The highest BCUT2D eigenvalue weighted by atomic mass is 16.2. The van der Waals surface area contributed by atoms with E-state index in [0.29, 0.717) is 17.9 Å². The Balaban J connectivity index is 1.55. The molecule has 1 saturated heterocycles. The fourth-order valence-corrected chi connectivity index (χ4v) is 5.39. The molecule has 3 aliphatic rings. The maximum Gasteiger partial charge on any atom is 0.259 e. The van der Waals surface area contributed by atoms with Crippen LogP contribution in [0.3, 0.4) is 0 Å². The van der Waals surface area contributed by atoms with E-state index in [0.717, 1.165) is 35.7 Å². The van der Waals surface area contributed by atoms with Crippen molar-refractivity contribution in [2.45, 2.75) is 69.4 Å². The van der Waals surface area contributed by atoms with Gasteiger partial charge in [0.25, 0.3) is 5.91 Å². The maximum absolute atomic E-state index is 13.5. The fourth-order valence-electron chi connectivity index (χ4n) is 5.39. The van der Waals surface area contributed by atoms with E-state index in [2.05, 4.69) is 11.4 Å². The molecule has 0 aromatic heterocycles. The predicted octanol–water partition coefficient (Wildman–Crippen LogP) is 3.37. The van der Waals surface area contributed by atoms with Crippen LogP contribution in [0.1, 0.15) is 73.2 Å². The van der Waals surface area contributed by atoms with E-state index in [-0.39, 0.29) is 24.3 Å². The summed E-state index contributed by atoms with van der Waals surface area (Å²) in [7, 11) is 0. The highest BCUT2D eigenvalue weighted by Gasteiger charge is 2.41. The summed E-state index contributed by atoms with van der Waals surface area (Å²) in [6, 6.07) is 9.64. The number of hydrogen-bond acceptors (Lipinski definition) is 4. The van der Waals surface area contributed by atoms with Crippen LogP contribution < -0.4 is 16.0 Å². The van der Waals surface area contributed by atoms with Crippen LogP contribution in [0, 0.1) is 0 Å². The molecule has 2 heterocycles. The summed E-state index contributed by atoms with van der Waals surface area (Å²) in [6.07, 6.45) is 7.27. The Bertz CT molecular complexity index is 1050. The van der Waals surface area contributed by atoms with Crippen molar-refractivity contribution in [3.05, 3.63) is 41.5 Å². The van der Waals surface area contributed by atoms with Gasteiger partial charge in [0.1, 0.15) is 6.04 Å². The Morgan fingerprint density at radius 2 is 1.83 bits per heavy atom. The van der Waals surface area contributed by atoms with Gasteiger partial charge in [-0.15, -0.1) is 0 Å². The second-order valence-electron chi connectivity index (χ2n) is 8.92. The molecule has 2 fully saturated rings. The van der Waals surface area contributed by atoms with Crippen molar-refractivity contribution in [2.24, 2.45) is 5.73 Å². The number of anilines is 1. The van der Waals surface area contributed by atoms with Crippen molar-refractivity contribution in [1.82, 2.24) is 5.32 Å². The first-order chi connectivity index (χ1) is 14.5. The number of carbonyl (C=O) groups is 3. The minimum Gasteiger partial charge on any atom is -0.328 e. The number of piperidine rings is 1. The predicted molar refractivity (Wildman–Crippen MR) is 115 cm³/mol. The largest absolute Gasteiger partial charge is 0.328 e. The first kappa shape index (κ1) is 19.2. The number of amides is 3. The number of benzene rings is 2. The monoisotopic (exact) mass is 405 g/mol. The molecule has 30 heavy (non-hydrogen) atoms. The molecule has 5 rings (SSSR count). The Hall–Kier alpha value is -2.73. The number of imide groups is 1. The minimum atomic E-state index is -0.647. The van der Waals surface area contributed by atoms with Crippen molar-refractivity contribution in [2.75, 3.05) is 4.90 Å². The standard InChI is InChI=1S/C24H27N3O3/c25-17-7-3-1-2-5-14(12-17)16-11-15-6-4-8-19-22(15)18(13-16)24(30)27(19)20-9-10-21(28)26-23(20)29/h4,6,8,11,13-14,17,20H,1-3,5,7,9-10,12,25H2,(H,26,28,29). The first-order valence-electron chi connectivity index (χ1n) is 11.0. The number of hydrogen-bond donors (Lipinski definition) is 2. The van der Waals surface area contributed by atoms with Crippen LogP contribution in [0.2, 0.25) is 0 Å². The molecule has 156 valence electrons. The lowest BCUT2D eigenvalue weighted by atomic mass is 9.82. The van der Waals surface area contributed by atoms with Gasteiger partial charge >= 0.3 is 0 Å². The smallest absolute Gasteiger partial charge is 0.259 e. The van der Waals surface area contributed by atoms with Gasteiger partial charge in [-0.2, -0.15) is 0 Å². The molecule has 3 N–H and O–H groups in total. The lowest BCUT2D eigenvalue weighted by Gasteiger charge is -2.30. The molecule has 0 radical (unpaired) electrons. The average molecular weight is 405 g/mol. The lowest BCUT2D eigenvalue weighted by molar-refractivity contribution is -0.134.